The molecule has 2 unspecified atom stereocenters. The van der Waals surface area contributed by atoms with Gasteiger partial charge in [0, 0.05) is 18.1 Å². The summed E-state index contributed by atoms with van der Waals surface area (Å²) in [4.78, 5) is 2.69. The van der Waals surface area contributed by atoms with Crippen molar-refractivity contribution >= 4 is 0 Å². The first-order valence-corrected chi connectivity index (χ1v) is 7.16. The Hall–Kier alpha value is -0.0800. The van der Waals surface area contributed by atoms with Crippen molar-refractivity contribution in [2.75, 3.05) is 7.05 Å². The summed E-state index contributed by atoms with van der Waals surface area (Å²) >= 11 is 0. The van der Waals surface area contributed by atoms with Crippen LogP contribution in [0.25, 0.3) is 0 Å². The van der Waals surface area contributed by atoms with E-state index in [1.54, 1.807) is 0 Å². The summed E-state index contributed by atoms with van der Waals surface area (Å²) in [6.45, 7) is 2.44. The summed E-state index contributed by atoms with van der Waals surface area (Å²) < 4.78 is 0. The molecule has 0 radical (unpaired) electrons. The van der Waals surface area contributed by atoms with E-state index in [1.807, 2.05) is 0 Å². The maximum atomic E-state index is 5.98. The molecule has 2 fully saturated rings. The number of rotatable bonds is 2. The molecule has 0 aromatic carbocycles. The predicted molar refractivity (Wildman–Crippen MR) is 69.4 cm³/mol. The van der Waals surface area contributed by atoms with Gasteiger partial charge in [0.1, 0.15) is 0 Å². The lowest BCUT2D eigenvalue weighted by Crippen LogP contribution is -2.47. The van der Waals surface area contributed by atoms with Gasteiger partial charge in [-0.15, -0.1) is 0 Å². The third-order valence-electron chi connectivity index (χ3n) is 4.91. The van der Waals surface area contributed by atoms with Crippen molar-refractivity contribution in [3.63, 3.8) is 0 Å². The summed E-state index contributed by atoms with van der Waals surface area (Å²) in [6, 6.07) is 2.13. The lowest BCUT2D eigenvalue weighted by molar-refractivity contribution is 0.0746. The molecule has 2 aliphatic carbocycles. The molecular formula is C14H28N2. The third-order valence-corrected chi connectivity index (χ3v) is 4.91. The maximum absolute atomic E-state index is 5.98. The molecule has 2 nitrogen and oxygen atoms in total. The molecule has 0 spiro atoms. The van der Waals surface area contributed by atoms with E-state index >= 15 is 0 Å². The Balaban J connectivity index is 1.88. The van der Waals surface area contributed by atoms with E-state index in [-0.39, 0.29) is 0 Å². The highest BCUT2D eigenvalue weighted by molar-refractivity contribution is 4.86. The van der Waals surface area contributed by atoms with Gasteiger partial charge >= 0.3 is 0 Å². The summed E-state index contributed by atoms with van der Waals surface area (Å²) in [5.74, 6) is 0.898. The van der Waals surface area contributed by atoms with E-state index in [1.165, 1.54) is 51.4 Å². The van der Waals surface area contributed by atoms with Crippen LogP contribution < -0.4 is 5.73 Å². The zero-order chi connectivity index (χ0) is 11.5. The molecular weight excluding hydrogens is 196 g/mol. The quantitative estimate of drug-likeness (QED) is 0.781. The normalized spacial score (nSPS) is 41.2. The Morgan fingerprint density at radius 3 is 2.19 bits per heavy atom. The second-order valence-electron chi connectivity index (χ2n) is 6.06. The molecule has 0 saturated heterocycles. The zero-order valence-electron chi connectivity index (χ0n) is 11.0. The SMILES string of the molecule is CC1CCCCC1N(C)C1CCC(N)CC1. The van der Waals surface area contributed by atoms with Gasteiger partial charge in [-0.3, -0.25) is 0 Å². The number of nitrogens with zero attached hydrogens (tertiary/aromatic N) is 1. The van der Waals surface area contributed by atoms with Gasteiger partial charge in [0.15, 0.2) is 0 Å². The summed E-state index contributed by atoms with van der Waals surface area (Å²) in [5.41, 5.74) is 5.98. The molecule has 0 aromatic rings. The molecule has 2 atom stereocenters. The predicted octanol–water partition coefficient (Wildman–Crippen LogP) is 2.77. The second kappa shape index (κ2) is 5.50. The Kier molecular flexibility index (Phi) is 4.26. The van der Waals surface area contributed by atoms with Crippen molar-refractivity contribution in [3.05, 3.63) is 0 Å². The van der Waals surface area contributed by atoms with Crippen molar-refractivity contribution in [1.82, 2.24) is 4.90 Å². The van der Waals surface area contributed by atoms with Gasteiger partial charge in [-0.25, -0.2) is 0 Å². The van der Waals surface area contributed by atoms with Crippen LogP contribution in [0.5, 0.6) is 0 Å². The minimum absolute atomic E-state index is 0.480. The Labute approximate surface area is 101 Å². The zero-order valence-corrected chi connectivity index (χ0v) is 11.0. The lowest BCUT2D eigenvalue weighted by Gasteiger charge is -2.43. The monoisotopic (exact) mass is 224 g/mol. The third kappa shape index (κ3) is 2.78. The van der Waals surface area contributed by atoms with Crippen LogP contribution in [0, 0.1) is 5.92 Å². The van der Waals surface area contributed by atoms with Crippen LogP contribution in [0.3, 0.4) is 0 Å². The highest BCUT2D eigenvalue weighted by Gasteiger charge is 2.30. The second-order valence-corrected chi connectivity index (χ2v) is 6.06. The molecule has 2 aliphatic rings. The van der Waals surface area contributed by atoms with E-state index in [2.05, 4.69) is 18.9 Å². The molecule has 0 bridgehead atoms. The van der Waals surface area contributed by atoms with Crippen LogP contribution in [0.2, 0.25) is 0 Å². The van der Waals surface area contributed by atoms with E-state index in [0.717, 1.165) is 18.0 Å². The van der Waals surface area contributed by atoms with E-state index in [9.17, 15) is 0 Å². The van der Waals surface area contributed by atoms with Gasteiger partial charge in [-0.05, 0) is 51.5 Å². The minimum Gasteiger partial charge on any atom is -0.328 e. The molecule has 0 aliphatic heterocycles. The van der Waals surface area contributed by atoms with E-state index in [4.69, 9.17) is 5.73 Å². The van der Waals surface area contributed by atoms with Crippen LogP contribution in [0.15, 0.2) is 0 Å². The maximum Gasteiger partial charge on any atom is 0.0121 e. The van der Waals surface area contributed by atoms with Crippen LogP contribution in [-0.2, 0) is 0 Å². The Bertz CT molecular complexity index is 209. The Morgan fingerprint density at radius 1 is 0.938 bits per heavy atom. The van der Waals surface area contributed by atoms with Gasteiger partial charge in [-0.1, -0.05) is 19.8 Å². The van der Waals surface area contributed by atoms with Crippen molar-refractivity contribution in [2.24, 2.45) is 11.7 Å². The topological polar surface area (TPSA) is 29.3 Å². The summed E-state index contributed by atoms with van der Waals surface area (Å²) in [7, 11) is 2.36. The molecule has 0 aromatic heterocycles. The number of hydrogen-bond donors (Lipinski definition) is 1. The average Bonchev–Trinajstić information content (AvgIpc) is 2.30. The highest BCUT2D eigenvalue weighted by Crippen LogP contribution is 2.31. The van der Waals surface area contributed by atoms with Crippen molar-refractivity contribution in [2.45, 2.75) is 76.4 Å². The molecule has 94 valence electrons. The molecule has 16 heavy (non-hydrogen) atoms. The van der Waals surface area contributed by atoms with Crippen LogP contribution in [0.1, 0.15) is 58.3 Å². The lowest BCUT2D eigenvalue weighted by atomic mass is 9.82. The summed E-state index contributed by atoms with van der Waals surface area (Å²) in [6.07, 6.45) is 10.8. The fourth-order valence-electron chi connectivity index (χ4n) is 3.68. The van der Waals surface area contributed by atoms with Crippen molar-refractivity contribution in [1.29, 1.82) is 0 Å². The van der Waals surface area contributed by atoms with E-state index < -0.39 is 0 Å². The van der Waals surface area contributed by atoms with Crippen molar-refractivity contribution in [3.8, 4) is 0 Å². The fraction of sp³-hybridized carbons (Fsp3) is 1.00. The standard InChI is InChI=1S/C14H28N2/c1-11-5-3-4-6-14(11)16(2)13-9-7-12(15)8-10-13/h11-14H,3-10,15H2,1-2H3. The molecule has 0 heterocycles. The first kappa shape index (κ1) is 12.4. The van der Waals surface area contributed by atoms with Gasteiger partial charge in [0.05, 0.1) is 0 Å². The van der Waals surface area contributed by atoms with Gasteiger partial charge in [0.2, 0.25) is 0 Å². The van der Waals surface area contributed by atoms with Crippen LogP contribution >= 0.6 is 0 Å². The molecule has 2 heteroatoms. The van der Waals surface area contributed by atoms with Crippen molar-refractivity contribution < 1.29 is 0 Å². The molecule has 2 rings (SSSR count). The number of nitrogens with two attached hydrogens (primary N) is 1. The molecule has 0 amide bonds. The first-order valence-electron chi connectivity index (χ1n) is 7.16. The average molecular weight is 224 g/mol. The first-order chi connectivity index (χ1) is 7.68. The molecule has 2 saturated carbocycles. The van der Waals surface area contributed by atoms with Gasteiger partial charge < -0.3 is 10.6 Å². The minimum atomic E-state index is 0.480. The van der Waals surface area contributed by atoms with Gasteiger partial charge in [0.25, 0.3) is 0 Å². The highest BCUT2D eigenvalue weighted by atomic mass is 15.2. The van der Waals surface area contributed by atoms with E-state index in [0.29, 0.717) is 6.04 Å². The Morgan fingerprint density at radius 2 is 1.56 bits per heavy atom. The fourth-order valence-corrected chi connectivity index (χ4v) is 3.68. The summed E-state index contributed by atoms with van der Waals surface area (Å²) in [5, 5.41) is 0. The van der Waals surface area contributed by atoms with Crippen LogP contribution in [0.4, 0.5) is 0 Å². The van der Waals surface area contributed by atoms with Crippen LogP contribution in [-0.4, -0.2) is 30.1 Å². The van der Waals surface area contributed by atoms with Gasteiger partial charge in [-0.2, -0.15) is 0 Å². The molecule has 2 N–H and O–H groups in total. The largest absolute Gasteiger partial charge is 0.328 e. The smallest absolute Gasteiger partial charge is 0.0121 e. The number of hydrogen-bond acceptors (Lipinski definition) is 2.